The number of nitrogens with one attached hydrogen (secondary N) is 1. The second-order valence-electron chi connectivity index (χ2n) is 6.43. The van der Waals surface area contributed by atoms with Crippen molar-refractivity contribution in [3.63, 3.8) is 0 Å². The lowest BCUT2D eigenvalue weighted by Gasteiger charge is -2.09. The summed E-state index contributed by atoms with van der Waals surface area (Å²) in [6, 6.07) is 15.1. The maximum atomic E-state index is 12.4. The molecule has 5 heteroatoms. The molecule has 3 aromatic rings. The minimum atomic E-state index is -0.135. The molecule has 1 amide bonds. The summed E-state index contributed by atoms with van der Waals surface area (Å²) in [6.45, 7) is 6.69. The Kier molecular flexibility index (Phi) is 5.68. The van der Waals surface area contributed by atoms with Crippen LogP contribution < -0.4 is 10.1 Å². The zero-order valence-corrected chi connectivity index (χ0v) is 16.0. The molecule has 2 aromatic carbocycles. The lowest BCUT2D eigenvalue weighted by atomic mass is 10.0. The summed E-state index contributed by atoms with van der Waals surface area (Å²) in [5, 5.41) is 5.86. The Bertz CT molecular complexity index is 868. The summed E-state index contributed by atoms with van der Waals surface area (Å²) < 4.78 is 5.71. The number of hydrogen-bond donors (Lipinski definition) is 1. The third-order valence-electron chi connectivity index (χ3n) is 3.98. The van der Waals surface area contributed by atoms with E-state index < -0.39 is 0 Å². The Morgan fingerprint density at radius 1 is 1.12 bits per heavy atom. The topological polar surface area (TPSA) is 51.2 Å². The van der Waals surface area contributed by atoms with Gasteiger partial charge in [-0.3, -0.25) is 4.79 Å². The summed E-state index contributed by atoms with van der Waals surface area (Å²) in [6.07, 6.45) is 0. The van der Waals surface area contributed by atoms with Crippen LogP contribution in [-0.2, 0) is 6.61 Å². The highest BCUT2D eigenvalue weighted by Crippen LogP contribution is 2.19. The molecule has 0 bridgehead atoms. The van der Waals surface area contributed by atoms with E-state index in [0.717, 1.165) is 22.1 Å². The average molecular weight is 366 g/mol. The van der Waals surface area contributed by atoms with Gasteiger partial charge in [0, 0.05) is 22.3 Å². The van der Waals surface area contributed by atoms with E-state index in [9.17, 15) is 4.79 Å². The van der Waals surface area contributed by atoms with Crippen molar-refractivity contribution in [2.75, 3.05) is 5.32 Å². The van der Waals surface area contributed by atoms with Crippen LogP contribution in [0, 0.1) is 6.92 Å². The molecular weight excluding hydrogens is 344 g/mol. The Morgan fingerprint density at radius 3 is 2.38 bits per heavy atom. The van der Waals surface area contributed by atoms with Crippen LogP contribution in [-0.4, -0.2) is 10.9 Å². The van der Waals surface area contributed by atoms with E-state index >= 15 is 0 Å². The van der Waals surface area contributed by atoms with Gasteiger partial charge in [0.15, 0.2) is 0 Å². The molecule has 134 valence electrons. The van der Waals surface area contributed by atoms with Crippen LogP contribution in [0.2, 0.25) is 0 Å². The SMILES string of the molecule is Cc1csc(COc2ccc(C(=O)Nc3ccc(C(C)C)cc3)cc2)n1. The molecule has 4 nitrogen and oxygen atoms in total. The predicted molar refractivity (Wildman–Crippen MR) is 106 cm³/mol. The van der Waals surface area contributed by atoms with E-state index in [2.05, 4.69) is 24.1 Å². The van der Waals surface area contributed by atoms with Crippen molar-refractivity contribution in [3.8, 4) is 5.75 Å². The highest BCUT2D eigenvalue weighted by Gasteiger charge is 2.07. The lowest BCUT2D eigenvalue weighted by Crippen LogP contribution is -2.11. The van der Waals surface area contributed by atoms with Gasteiger partial charge in [0.05, 0.1) is 0 Å². The monoisotopic (exact) mass is 366 g/mol. The van der Waals surface area contributed by atoms with Gasteiger partial charge in [-0.05, 0) is 54.8 Å². The fraction of sp³-hybridized carbons (Fsp3) is 0.238. The lowest BCUT2D eigenvalue weighted by molar-refractivity contribution is 0.102. The van der Waals surface area contributed by atoms with Gasteiger partial charge in [-0.1, -0.05) is 26.0 Å². The van der Waals surface area contributed by atoms with E-state index in [1.165, 1.54) is 5.56 Å². The molecule has 0 fully saturated rings. The molecule has 0 radical (unpaired) electrons. The first-order valence-electron chi connectivity index (χ1n) is 8.56. The number of aromatic nitrogens is 1. The third-order valence-corrected chi connectivity index (χ3v) is 4.92. The van der Waals surface area contributed by atoms with Crippen LogP contribution in [0.5, 0.6) is 5.75 Å². The average Bonchev–Trinajstić information content (AvgIpc) is 3.06. The van der Waals surface area contributed by atoms with Crippen molar-refractivity contribution < 1.29 is 9.53 Å². The molecule has 0 aliphatic heterocycles. The fourth-order valence-corrected chi connectivity index (χ4v) is 3.15. The molecule has 0 aliphatic carbocycles. The Labute approximate surface area is 157 Å². The number of nitrogens with zero attached hydrogens (tertiary/aromatic N) is 1. The van der Waals surface area contributed by atoms with Gasteiger partial charge in [-0.2, -0.15) is 0 Å². The number of anilines is 1. The van der Waals surface area contributed by atoms with E-state index in [1.54, 1.807) is 35.6 Å². The van der Waals surface area contributed by atoms with Crippen molar-refractivity contribution >= 4 is 22.9 Å². The number of carbonyl (C=O) groups excluding carboxylic acids is 1. The van der Waals surface area contributed by atoms with Crippen LogP contribution >= 0.6 is 11.3 Å². The number of amides is 1. The maximum absolute atomic E-state index is 12.4. The Hall–Kier alpha value is -2.66. The third kappa shape index (κ3) is 4.70. The smallest absolute Gasteiger partial charge is 0.255 e. The standard InChI is InChI=1S/C21H22N2O2S/c1-14(2)16-4-8-18(9-5-16)23-21(24)17-6-10-19(11-7-17)25-12-20-22-15(3)13-26-20/h4-11,13-14H,12H2,1-3H3,(H,23,24). The minimum Gasteiger partial charge on any atom is -0.486 e. The first-order valence-corrected chi connectivity index (χ1v) is 9.44. The highest BCUT2D eigenvalue weighted by molar-refractivity contribution is 7.09. The molecule has 0 spiro atoms. The molecule has 0 saturated carbocycles. The van der Waals surface area contributed by atoms with Crippen molar-refractivity contribution in [1.29, 1.82) is 0 Å². The molecule has 3 rings (SSSR count). The molecule has 1 N–H and O–H groups in total. The summed E-state index contributed by atoms with van der Waals surface area (Å²) in [4.78, 5) is 16.7. The zero-order valence-electron chi connectivity index (χ0n) is 15.2. The van der Waals surface area contributed by atoms with Gasteiger partial charge in [-0.25, -0.2) is 4.98 Å². The van der Waals surface area contributed by atoms with Gasteiger partial charge in [0.2, 0.25) is 0 Å². The van der Waals surface area contributed by atoms with Crippen molar-refractivity contribution in [2.24, 2.45) is 0 Å². The number of rotatable bonds is 6. The van der Waals surface area contributed by atoms with Crippen molar-refractivity contribution in [3.05, 3.63) is 75.7 Å². The quantitative estimate of drug-likeness (QED) is 0.635. The van der Waals surface area contributed by atoms with Crippen LogP contribution in [0.25, 0.3) is 0 Å². The Balaban J connectivity index is 1.57. The maximum Gasteiger partial charge on any atom is 0.255 e. The first-order chi connectivity index (χ1) is 12.5. The largest absolute Gasteiger partial charge is 0.486 e. The molecule has 0 aliphatic rings. The van der Waals surface area contributed by atoms with Crippen LogP contribution in [0.3, 0.4) is 0 Å². The van der Waals surface area contributed by atoms with Gasteiger partial charge in [0.1, 0.15) is 17.4 Å². The summed E-state index contributed by atoms with van der Waals surface area (Å²) >= 11 is 1.58. The summed E-state index contributed by atoms with van der Waals surface area (Å²) in [7, 11) is 0. The van der Waals surface area contributed by atoms with Gasteiger partial charge < -0.3 is 10.1 Å². The van der Waals surface area contributed by atoms with Gasteiger partial charge in [-0.15, -0.1) is 11.3 Å². The van der Waals surface area contributed by atoms with Gasteiger partial charge in [0.25, 0.3) is 5.91 Å². The second-order valence-corrected chi connectivity index (χ2v) is 7.37. The number of ether oxygens (including phenoxy) is 1. The first kappa shape index (κ1) is 18.1. The molecular formula is C21H22N2O2S. The number of benzene rings is 2. The number of thiazole rings is 1. The normalized spacial score (nSPS) is 10.8. The Morgan fingerprint density at radius 2 is 1.81 bits per heavy atom. The second kappa shape index (κ2) is 8.15. The predicted octanol–water partition coefficient (Wildman–Crippen LogP) is 5.41. The van der Waals surface area contributed by atoms with Crippen molar-refractivity contribution in [1.82, 2.24) is 4.98 Å². The fourth-order valence-electron chi connectivity index (χ4n) is 2.47. The highest BCUT2D eigenvalue weighted by atomic mass is 32.1. The molecule has 1 aromatic heterocycles. The van der Waals surface area contributed by atoms with Crippen molar-refractivity contribution in [2.45, 2.75) is 33.3 Å². The molecule has 0 saturated heterocycles. The van der Waals surface area contributed by atoms with Crippen LogP contribution in [0.15, 0.2) is 53.9 Å². The molecule has 26 heavy (non-hydrogen) atoms. The number of hydrogen-bond acceptors (Lipinski definition) is 4. The molecule has 0 atom stereocenters. The van der Waals surface area contributed by atoms with E-state index in [0.29, 0.717) is 18.1 Å². The van der Waals surface area contributed by atoms with E-state index in [1.807, 2.05) is 36.6 Å². The molecule has 0 unspecified atom stereocenters. The van der Waals surface area contributed by atoms with Crippen LogP contribution in [0.1, 0.15) is 46.4 Å². The van der Waals surface area contributed by atoms with Crippen LogP contribution in [0.4, 0.5) is 5.69 Å². The van der Waals surface area contributed by atoms with E-state index in [-0.39, 0.29) is 5.91 Å². The number of carbonyl (C=O) groups is 1. The summed E-state index contributed by atoms with van der Waals surface area (Å²) in [5.41, 5.74) is 3.64. The summed E-state index contributed by atoms with van der Waals surface area (Å²) in [5.74, 6) is 1.06. The van der Waals surface area contributed by atoms with E-state index in [4.69, 9.17) is 4.74 Å². The molecule has 1 heterocycles. The zero-order chi connectivity index (χ0) is 18.5. The number of aryl methyl sites for hydroxylation is 1. The van der Waals surface area contributed by atoms with Gasteiger partial charge >= 0.3 is 0 Å². The minimum absolute atomic E-state index is 0.135.